The van der Waals surface area contributed by atoms with E-state index in [1.807, 2.05) is 31.0 Å². The fourth-order valence-corrected chi connectivity index (χ4v) is 4.66. The number of aryl methyl sites for hydroxylation is 2. The second-order valence-corrected chi connectivity index (χ2v) is 9.05. The van der Waals surface area contributed by atoms with Gasteiger partial charge in [0.25, 0.3) is 0 Å². The van der Waals surface area contributed by atoms with Crippen LogP contribution in [0, 0.1) is 25.1 Å². The van der Waals surface area contributed by atoms with Gasteiger partial charge in [-0.3, -0.25) is 5.41 Å². The molecule has 4 N–H and O–H groups in total. The minimum atomic E-state index is -0.440. The van der Waals surface area contributed by atoms with Crippen molar-refractivity contribution in [1.29, 1.82) is 5.41 Å². The van der Waals surface area contributed by atoms with E-state index in [0.717, 1.165) is 33.2 Å². The molecule has 0 bridgehead atoms. The van der Waals surface area contributed by atoms with Gasteiger partial charge in [-0.15, -0.1) is 0 Å². The molecule has 2 aromatic carbocycles. The SMILES string of the molecule is C=C(c1c(C)nsc1/N=C/CNc1ncnc(N)c1C(=N)c1cccc(F)c1)N(C)c1ccccc1C. The molecule has 0 saturated carbocycles. The number of nitrogens with one attached hydrogen (secondary N) is 2. The van der Waals surface area contributed by atoms with Gasteiger partial charge >= 0.3 is 0 Å². The van der Waals surface area contributed by atoms with Crippen LogP contribution in [0.3, 0.4) is 0 Å². The van der Waals surface area contributed by atoms with Gasteiger partial charge in [0.2, 0.25) is 0 Å². The molecule has 2 aromatic heterocycles. The molecular weight excluding hydrogens is 487 g/mol. The summed E-state index contributed by atoms with van der Waals surface area (Å²) in [5.74, 6) is 0.0434. The summed E-state index contributed by atoms with van der Waals surface area (Å²) >= 11 is 1.30. The molecule has 0 aliphatic rings. The van der Waals surface area contributed by atoms with Crippen molar-refractivity contribution < 1.29 is 4.39 Å². The van der Waals surface area contributed by atoms with E-state index in [-0.39, 0.29) is 11.5 Å². The molecule has 37 heavy (non-hydrogen) atoms. The number of aromatic nitrogens is 3. The van der Waals surface area contributed by atoms with Crippen molar-refractivity contribution in [3.63, 3.8) is 0 Å². The molecule has 4 aromatic rings. The Hall–Kier alpha value is -4.44. The summed E-state index contributed by atoms with van der Waals surface area (Å²) in [4.78, 5) is 14.9. The zero-order valence-corrected chi connectivity index (χ0v) is 21.6. The summed E-state index contributed by atoms with van der Waals surface area (Å²) in [6.07, 6.45) is 3.01. The lowest BCUT2D eigenvalue weighted by molar-refractivity contribution is 0.627. The van der Waals surface area contributed by atoms with Crippen LogP contribution in [0.2, 0.25) is 0 Å². The molecule has 0 saturated heterocycles. The first-order valence-corrected chi connectivity index (χ1v) is 12.2. The zero-order valence-electron chi connectivity index (χ0n) is 20.8. The van der Waals surface area contributed by atoms with Gasteiger partial charge in [-0.25, -0.2) is 19.4 Å². The third-order valence-corrected chi connectivity index (χ3v) is 6.67. The molecule has 0 radical (unpaired) electrons. The van der Waals surface area contributed by atoms with E-state index in [9.17, 15) is 4.39 Å². The summed E-state index contributed by atoms with van der Waals surface area (Å²) in [5.41, 5.74) is 11.5. The van der Waals surface area contributed by atoms with E-state index in [1.165, 1.54) is 36.1 Å². The maximum atomic E-state index is 13.7. The highest BCUT2D eigenvalue weighted by Gasteiger charge is 2.19. The molecule has 4 rings (SSSR count). The van der Waals surface area contributed by atoms with Crippen LogP contribution >= 0.6 is 11.5 Å². The van der Waals surface area contributed by atoms with Crippen LogP contribution < -0.4 is 16.0 Å². The smallest absolute Gasteiger partial charge is 0.145 e. The fraction of sp³-hybridized carbons (Fsp3) is 0.148. The van der Waals surface area contributed by atoms with Gasteiger partial charge < -0.3 is 16.0 Å². The average Bonchev–Trinajstić information content (AvgIpc) is 3.25. The third-order valence-electron chi connectivity index (χ3n) is 5.82. The lowest BCUT2D eigenvalue weighted by atomic mass is 10.0. The summed E-state index contributed by atoms with van der Waals surface area (Å²) in [6, 6.07) is 13.9. The molecule has 0 unspecified atom stereocenters. The Morgan fingerprint density at radius 1 is 1.19 bits per heavy atom. The minimum Gasteiger partial charge on any atom is -0.383 e. The maximum absolute atomic E-state index is 13.7. The van der Waals surface area contributed by atoms with Gasteiger partial charge in [-0.1, -0.05) is 36.9 Å². The molecule has 8 nitrogen and oxygen atoms in total. The van der Waals surface area contributed by atoms with Crippen molar-refractivity contribution in [3.8, 4) is 0 Å². The number of nitrogen functional groups attached to an aromatic ring is 1. The van der Waals surface area contributed by atoms with Crippen molar-refractivity contribution in [2.75, 3.05) is 29.5 Å². The molecule has 0 aliphatic heterocycles. The lowest BCUT2D eigenvalue weighted by Gasteiger charge is -2.23. The number of rotatable bonds is 9. The van der Waals surface area contributed by atoms with E-state index >= 15 is 0 Å². The molecule has 0 amide bonds. The van der Waals surface area contributed by atoms with Gasteiger partial charge in [0.1, 0.15) is 28.8 Å². The maximum Gasteiger partial charge on any atom is 0.145 e. The Morgan fingerprint density at radius 3 is 2.73 bits per heavy atom. The van der Waals surface area contributed by atoms with Gasteiger partial charge in [0.15, 0.2) is 0 Å². The molecular formula is C27H27FN8S. The molecule has 0 fully saturated rings. The second kappa shape index (κ2) is 11.1. The quantitative estimate of drug-likeness (QED) is 0.250. The highest BCUT2D eigenvalue weighted by molar-refractivity contribution is 7.10. The summed E-state index contributed by atoms with van der Waals surface area (Å²) < 4.78 is 18.2. The van der Waals surface area contributed by atoms with Gasteiger partial charge in [0.05, 0.1) is 29.1 Å². The number of anilines is 3. The molecule has 10 heteroatoms. The van der Waals surface area contributed by atoms with Gasteiger partial charge in [0, 0.05) is 30.2 Å². The third kappa shape index (κ3) is 5.54. The second-order valence-electron chi connectivity index (χ2n) is 8.30. The number of hydrogen-bond acceptors (Lipinski definition) is 9. The van der Waals surface area contributed by atoms with E-state index in [4.69, 9.17) is 11.1 Å². The summed E-state index contributed by atoms with van der Waals surface area (Å²) in [7, 11) is 1.98. The summed E-state index contributed by atoms with van der Waals surface area (Å²) in [6.45, 7) is 8.61. The number of nitrogens with two attached hydrogens (primary N) is 1. The van der Waals surface area contributed by atoms with Crippen molar-refractivity contribution >= 4 is 51.5 Å². The van der Waals surface area contributed by atoms with Crippen LogP contribution in [0.25, 0.3) is 5.70 Å². The number of benzene rings is 2. The molecule has 2 heterocycles. The highest BCUT2D eigenvalue weighted by atomic mass is 32.1. The molecule has 0 aliphatic carbocycles. The van der Waals surface area contributed by atoms with E-state index in [1.54, 1.807) is 12.3 Å². The van der Waals surface area contributed by atoms with Gasteiger partial charge in [-0.2, -0.15) is 4.37 Å². The van der Waals surface area contributed by atoms with Crippen molar-refractivity contribution in [2.24, 2.45) is 4.99 Å². The summed E-state index contributed by atoms with van der Waals surface area (Å²) in [5, 5.41) is 12.4. The van der Waals surface area contributed by atoms with Crippen molar-refractivity contribution in [1.82, 2.24) is 14.3 Å². The Bertz CT molecular complexity index is 1490. The number of nitrogens with zero attached hydrogens (tertiary/aromatic N) is 5. The topological polar surface area (TPSA) is 116 Å². The monoisotopic (exact) mass is 514 g/mol. The highest BCUT2D eigenvalue weighted by Crippen LogP contribution is 2.36. The fourth-order valence-electron chi connectivity index (χ4n) is 3.87. The Balaban J connectivity index is 1.52. The zero-order chi connectivity index (χ0) is 26.5. The molecule has 0 spiro atoms. The average molecular weight is 515 g/mol. The van der Waals surface area contributed by atoms with E-state index < -0.39 is 5.82 Å². The number of halogens is 1. The first kappa shape index (κ1) is 25.6. The van der Waals surface area contributed by atoms with Crippen LogP contribution in [0.4, 0.5) is 26.7 Å². The van der Waals surface area contributed by atoms with Crippen LogP contribution in [0.15, 0.2) is 66.4 Å². The van der Waals surface area contributed by atoms with Crippen molar-refractivity contribution in [3.05, 3.63) is 95.2 Å². The minimum absolute atomic E-state index is 0.0212. The predicted molar refractivity (Wildman–Crippen MR) is 151 cm³/mol. The molecule has 0 atom stereocenters. The number of hydrogen-bond donors (Lipinski definition) is 3. The van der Waals surface area contributed by atoms with Crippen molar-refractivity contribution in [2.45, 2.75) is 13.8 Å². The number of aliphatic imine (C=N–C) groups is 1. The Kier molecular flexibility index (Phi) is 7.69. The van der Waals surface area contributed by atoms with Crippen LogP contribution in [-0.2, 0) is 0 Å². The standard InChI is InChI=1S/C27H27FN8S/c1-16-8-5-6-11-21(16)36(4)18(3)22-17(2)35-37-27(22)32-13-12-31-26-23(25(30)33-15-34-26)24(29)19-9-7-10-20(28)14-19/h5-11,13-15,29H,3,12H2,1-2,4H3,(H3,30,31,33,34)/b29-24?,32-13+. The van der Waals surface area contributed by atoms with E-state index in [0.29, 0.717) is 23.5 Å². The largest absolute Gasteiger partial charge is 0.383 e. The normalized spacial score (nSPS) is 11.0. The van der Waals surface area contributed by atoms with Gasteiger partial charge in [-0.05, 0) is 49.1 Å². The van der Waals surface area contributed by atoms with Crippen LogP contribution in [0.5, 0.6) is 0 Å². The first-order chi connectivity index (χ1) is 17.8. The number of para-hydroxylation sites is 1. The Morgan fingerprint density at radius 2 is 1.97 bits per heavy atom. The predicted octanol–water partition coefficient (Wildman–Crippen LogP) is 5.61. The van der Waals surface area contributed by atoms with Crippen LogP contribution in [0.1, 0.15) is 27.9 Å². The van der Waals surface area contributed by atoms with E-state index in [2.05, 4.69) is 50.3 Å². The molecule has 188 valence electrons. The van der Waals surface area contributed by atoms with Crippen LogP contribution in [-0.4, -0.2) is 39.9 Å². The Labute approximate surface area is 219 Å². The lowest BCUT2D eigenvalue weighted by Crippen LogP contribution is -2.16. The first-order valence-electron chi connectivity index (χ1n) is 11.4.